The number of aromatic nitrogens is 2. The third-order valence-corrected chi connectivity index (χ3v) is 6.20. The molecule has 1 heterocycles. The SMILES string of the molecule is CC(C(=O)OC(C)(C)C)C(CC=O)NC(=O)c1cc(-c2ccccc2C(F)(F)F)n(C2CCCC2)n1. The number of alkyl halides is 3. The van der Waals surface area contributed by atoms with Crippen molar-refractivity contribution in [2.45, 2.75) is 83.7 Å². The molecule has 1 aromatic carbocycles. The molecule has 1 fully saturated rings. The van der Waals surface area contributed by atoms with Crippen molar-refractivity contribution in [3.05, 3.63) is 41.6 Å². The van der Waals surface area contributed by atoms with Gasteiger partial charge < -0.3 is 14.8 Å². The first-order chi connectivity index (χ1) is 16.8. The third kappa shape index (κ3) is 6.53. The van der Waals surface area contributed by atoms with Gasteiger partial charge in [-0.1, -0.05) is 31.0 Å². The number of ether oxygens (including phenoxy) is 1. The molecule has 1 N–H and O–H groups in total. The molecule has 0 aliphatic heterocycles. The molecule has 0 spiro atoms. The van der Waals surface area contributed by atoms with Crippen LogP contribution >= 0.6 is 0 Å². The first-order valence-electron chi connectivity index (χ1n) is 12.1. The number of nitrogens with one attached hydrogen (secondary N) is 1. The predicted octanol–water partition coefficient (Wildman–Crippen LogP) is 5.35. The second-order valence-electron chi connectivity index (χ2n) is 10.1. The standard InChI is InChI=1S/C26H32F3N3O4/c1-16(24(35)36-25(2,3)4)20(13-14-33)30-23(34)21-15-22(32(31-21)17-9-5-6-10-17)18-11-7-8-12-19(18)26(27,28)29/h7-8,11-12,14-17,20H,5-6,9-10,13H2,1-4H3,(H,30,34). The summed E-state index contributed by atoms with van der Waals surface area (Å²) in [6, 6.07) is 5.55. The number of esters is 1. The van der Waals surface area contributed by atoms with E-state index in [0.29, 0.717) is 6.29 Å². The van der Waals surface area contributed by atoms with Crippen LogP contribution in [0.4, 0.5) is 13.2 Å². The first-order valence-corrected chi connectivity index (χ1v) is 12.1. The van der Waals surface area contributed by atoms with Crippen molar-refractivity contribution in [2.24, 2.45) is 5.92 Å². The summed E-state index contributed by atoms with van der Waals surface area (Å²) in [5.41, 5.74) is -1.50. The van der Waals surface area contributed by atoms with Gasteiger partial charge in [-0.3, -0.25) is 14.3 Å². The average Bonchev–Trinajstić information content (AvgIpc) is 3.46. The summed E-state index contributed by atoms with van der Waals surface area (Å²) >= 11 is 0. The van der Waals surface area contributed by atoms with Crippen LogP contribution in [0.2, 0.25) is 0 Å². The van der Waals surface area contributed by atoms with Crippen LogP contribution in [0.3, 0.4) is 0 Å². The Bertz CT molecular complexity index is 1100. The van der Waals surface area contributed by atoms with Crippen molar-refractivity contribution in [1.82, 2.24) is 15.1 Å². The van der Waals surface area contributed by atoms with Gasteiger partial charge in [0.15, 0.2) is 5.69 Å². The topological polar surface area (TPSA) is 90.3 Å². The predicted molar refractivity (Wildman–Crippen MR) is 127 cm³/mol. The van der Waals surface area contributed by atoms with Crippen LogP contribution in [-0.4, -0.2) is 39.6 Å². The van der Waals surface area contributed by atoms with E-state index in [4.69, 9.17) is 4.74 Å². The molecule has 2 aromatic rings. The second kappa shape index (κ2) is 10.8. The lowest BCUT2D eigenvalue weighted by atomic mass is 9.98. The lowest BCUT2D eigenvalue weighted by Crippen LogP contribution is -2.44. The monoisotopic (exact) mass is 507 g/mol. The van der Waals surface area contributed by atoms with Crippen molar-refractivity contribution in [3.63, 3.8) is 0 Å². The van der Waals surface area contributed by atoms with E-state index in [1.54, 1.807) is 27.7 Å². The van der Waals surface area contributed by atoms with Gasteiger partial charge in [-0.2, -0.15) is 18.3 Å². The number of rotatable bonds is 8. The largest absolute Gasteiger partial charge is 0.460 e. The fourth-order valence-corrected chi connectivity index (χ4v) is 4.38. The van der Waals surface area contributed by atoms with Crippen molar-refractivity contribution in [2.75, 3.05) is 0 Å². The van der Waals surface area contributed by atoms with E-state index in [-0.39, 0.29) is 29.4 Å². The number of carbonyl (C=O) groups is 3. The number of nitrogens with zero attached hydrogens (tertiary/aromatic N) is 2. The van der Waals surface area contributed by atoms with E-state index in [0.717, 1.165) is 31.7 Å². The number of hydrogen-bond donors (Lipinski definition) is 1. The molecule has 1 aliphatic carbocycles. The van der Waals surface area contributed by atoms with E-state index >= 15 is 0 Å². The van der Waals surface area contributed by atoms with Crippen LogP contribution in [-0.2, 0) is 20.5 Å². The maximum Gasteiger partial charge on any atom is 0.417 e. The molecule has 0 radical (unpaired) electrons. The quantitative estimate of drug-likeness (QED) is 0.384. The highest BCUT2D eigenvalue weighted by molar-refractivity contribution is 5.94. The van der Waals surface area contributed by atoms with E-state index in [1.165, 1.54) is 28.9 Å². The Hall–Kier alpha value is -3.17. The molecule has 2 unspecified atom stereocenters. The number of carbonyl (C=O) groups excluding carboxylic acids is 3. The summed E-state index contributed by atoms with van der Waals surface area (Å²) in [4.78, 5) is 36.9. The third-order valence-electron chi connectivity index (χ3n) is 6.20. The van der Waals surface area contributed by atoms with Crippen LogP contribution in [0.15, 0.2) is 30.3 Å². The van der Waals surface area contributed by atoms with E-state index in [1.807, 2.05) is 0 Å². The number of halogens is 3. The van der Waals surface area contributed by atoms with Gasteiger partial charge >= 0.3 is 12.1 Å². The molecule has 10 heteroatoms. The van der Waals surface area contributed by atoms with Crippen molar-refractivity contribution in [3.8, 4) is 11.3 Å². The molecule has 2 atom stereocenters. The minimum absolute atomic E-state index is 0.0602. The Labute approximate surface area is 208 Å². The van der Waals surface area contributed by atoms with Crippen LogP contribution in [0.25, 0.3) is 11.3 Å². The van der Waals surface area contributed by atoms with Crippen molar-refractivity contribution >= 4 is 18.2 Å². The minimum Gasteiger partial charge on any atom is -0.460 e. The molecule has 1 amide bonds. The smallest absolute Gasteiger partial charge is 0.417 e. The molecule has 1 saturated carbocycles. The highest BCUT2D eigenvalue weighted by Gasteiger charge is 2.36. The van der Waals surface area contributed by atoms with Crippen molar-refractivity contribution in [1.29, 1.82) is 0 Å². The Kier molecular flexibility index (Phi) is 8.26. The summed E-state index contributed by atoms with van der Waals surface area (Å²) in [6.07, 6.45) is -0.807. The Morgan fingerprint density at radius 2 is 1.83 bits per heavy atom. The zero-order valence-electron chi connectivity index (χ0n) is 20.9. The molecule has 3 rings (SSSR count). The van der Waals surface area contributed by atoms with E-state index in [9.17, 15) is 27.6 Å². The molecule has 1 aromatic heterocycles. The Morgan fingerprint density at radius 3 is 2.42 bits per heavy atom. The zero-order chi connectivity index (χ0) is 26.7. The van der Waals surface area contributed by atoms with Gasteiger partial charge in [0.2, 0.25) is 0 Å². The van der Waals surface area contributed by atoms with Gasteiger partial charge in [0, 0.05) is 18.0 Å². The molecule has 0 bridgehead atoms. The van der Waals surface area contributed by atoms with E-state index in [2.05, 4.69) is 10.4 Å². The summed E-state index contributed by atoms with van der Waals surface area (Å²) in [7, 11) is 0. The van der Waals surface area contributed by atoms with Gasteiger partial charge in [-0.15, -0.1) is 0 Å². The highest BCUT2D eigenvalue weighted by Crippen LogP contribution is 2.40. The summed E-state index contributed by atoms with van der Waals surface area (Å²) in [5.74, 6) is -2.09. The normalized spacial score (nSPS) is 16.4. The van der Waals surface area contributed by atoms with Gasteiger partial charge in [0.25, 0.3) is 5.91 Å². The van der Waals surface area contributed by atoms with Gasteiger partial charge in [-0.05, 0) is 52.7 Å². The second-order valence-corrected chi connectivity index (χ2v) is 10.1. The molecule has 7 nitrogen and oxygen atoms in total. The van der Waals surface area contributed by atoms with Gasteiger partial charge in [0.1, 0.15) is 11.9 Å². The number of benzene rings is 1. The molecular weight excluding hydrogens is 475 g/mol. The Morgan fingerprint density at radius 1 is 1.19 bits per heavy atom. The zero-order valence-corrected chi connectivity index (χ0v) is 20.9. The fraction of sp³-hybridized carbons (Fsp3) is 0.538. The number of amides is 1. The average molecular weight is 508 g/mol. The lowest BCUT2D eigenvalue weighted by molar-refractivity contribution is -0.160. The maximum atomic E-state index is 13.8. The Balaban J connectivity index is 1.95. The summed E-state index contributed by atoms with van der Waals surface area (Å²) in [5, 5.41) is 7.06. The van der Waals surface area contributed by atoms with Crippen LogP contribution in [0.1, 0.15) is 81.9 Å². The van der Waals surface area contributed by atoms with Crippen LogP contribution < -0.4 is 5.32 Å². The lowest BCUT2D eigenvalue weighted by Gasteiger charge is -2.26. The summed E-state index contributed by atoms with van der Waals surface area (Å²) < 4.78 is 48.2. The molecule has 1 aliphatic rings. The van der Waals surface area contributed by atoms with Crippen LogP contribution in [0.5, 0.6) is 0 Å². The number of hydrogen-bond acceptors (Lipinski definition) is 5. The van der Waals surface area contributed by atoms with Crippen molar-refractivity contribution < 1.29 is 32.3 Å². The molecule has 196 valence electrons. The van der Waals surface area contributed by atoms with Gasteiger partial charge in [0.05, 0.1) is 23.2 Å². The molecule has 36 heavy (non-hydrogen) atoms. The first kappa shape index (κ1) is 27.4. The molecular formula is C26H32F3N3O4. The maximum absolute atomic E-state index is 13.8. The van der Waals surface area contributed by atoms with Gasteiger partial charge in [-0.25, -0.2) is 0 Å². The van der Waals surface area contributed by atoms with E-state index < -0.39 is 41.2 Å². The minimum atomic E-state index is -4.58. The number of aldehydes is 1. The molecule has 0 saturated heterocycles. The summed E-state index contributed by atoms with van der Waals surface area (Å²) in [6.45, 7) is 6.67. The van der Waals surface area contributed by atoms with Crippen LogP contribution in [0, 0.1) is 5.92 Å². The fourth-order valence-electron chi connectivity index (χ4n) is 4.38. The highest BCUT2D eigenvalue weighted by atomic mass is 19.4.